The Morgan fingerprint density at radius 2 is 1.83 bits per heavy atom. The maximum Gasteiger partial charge on any atom is 0.248 e. The molecule has 0 aliphatic carbocycles. The first-order valence-electron chi connectivity index (χ1n) is 6.95. The van der Waals surface area contributed by atoms with E-state index in [0.717, 1.165) is 11.6 Å². The number of rotatable bonds is 3. The van der Waals surface area contributed by atoms with E-state index in [1.54, 1.807) is 24.3 Å². The number of carbonyl (C=O) groups is 1. The van der Waals surface area contributed by atoms with Crippen molar-refractivity contribution in [3.63, 3.8) is 0 Å². The maximum atomic E-state index is 13.5. The Hall–Kier alpha value is -2.89. The van der Waals surface area contributed by atoms with Crippen LogP contribution in [0.2, 0.25) is 0 Å². The van der Waals surface area contributed by atoms with Gasteiger partial charge in [-0.2, -0.15) is 0 Å². The van der Waals surface area contributed by atoms with Crippen molar-refractivity contribution in [1.82, 2.24) is 0 Å². The average Bonchev–Trinajstić information content (AvgIpc) is 2.55. The van der Waals surface area contributed by atoms with E-state index in [-0.39, 0.29) is 5.69 Å². The number of benzene rings is 2. The third-order valence-corrected chi connectivity index (χ3v) is 3.18. The van der Waals surface area contributed by atoms with Crippen molar-refractivity contribution >= 4 is 17.7 Å². The monoisotopic (exact) mass is 317 g/mol. The lowest BCUT2D eigenvalue weighted by Gasteiger charge is -2.18. The lowest BCUT2D eigenvalue weighted by molar-refractivity contribution is -0.111. The number of hydrogen-bond donors (Lipinski definition) is 1. The summed E-state index contributed by atoms with van der Waals surface area (Å²) in [5.41, 5.74) is 0.659. The van der Waals surface area contributed by atoms with Gasteiger partial charge in [0.15, 0.2) is 11.5 Å². The van der Waals surface area contributed by atoms with Gasteiger partial charge in [-0.3, -0.25) is 4.79 Å². The van der Waals surface area contributed by atoms with E-state index in [0.29, 0.717) is 30.8 Å². The van der Waals surface area contributed by atoms with E-state index in [1.165, 1.54) is 12.1 Å². The maximum absolute atomic E-state index is 13.5. The number of nitrogens with one attached hydrogen (secondary N) is 1. The molecule has 1 N–H and O–H groups in total. The molecule has 23 heavy (non-hydrogen) atoms. The minimum absolute atomic E-state index is 0.0803. The van der Waals surface area contributed by atoms with Crippen LogP contribution < -0.4 is 14.8 Å². The van der Waals surface area contributed by atoms with Crippen molar-refractivity contribution < 1.29 is 23.0 Å². The zero-order valence-corrected chi connectivity index (χ0v) is 12.0. The smallest absolute Gasteiger partial charge is 0.248 e. The highest BCUT2D eigenvalue weighted by Crippen LogP contribution is 2.31. The third kappa shape index (κ3) is 3.66. The molecule has 2 aromatic carbocycles. The van der Waals surface area contributed by atoms with Gasteiger partial charge in [-0.25, -0.2) is 8.78 Å². The zero-order valence-electron chi connectivity index (χ0n) is 12.0. The summed E-state index contributed by atoms with van der Waals surface area (Å²) >= 11 is 0. The second-order valence-electron chi connectivity index (χ2n) is 4.85. The summed E-state index contributed by atoms with van der Waals surface area (Å²) < 4.78 is 37.1. The first-order valence-corrected chi connectivity index (χ1v) is 6.95. The molecule has 6 heteroatoms. The Labute approximate surface area is 131 Å². The van der Waals surface area contributed by atoms with Crippen molar-refractivity contribution in [3.05, 3.63) is 59.7 Å². The molecule has 118 valence electrons. The SMILES string of the molecule is O=C(/C=C/c1ccc2c(c1)OCCO2)Nc1ccc(F)cc1F. The number of anilines is 1. The average molecular weight is 317 g/mol. The van der Waals surface area contributed by atoms with Gasteiger partial charge in [0, 0.05) is 12.1 Å². The van der Waals surface area contributed by atoms with Gasteiger partial charge in [0.1, 0.15) is 24.8 Å². The van der Waals surface area contributed by atoms with Gasteiger partial charge in [-0.15, -0.1) is 0 Å². The number of amides is 1. The fourth-order valence-electron chi connectivity index (χ4n) is 2.10. The highest BCUT2D eigenvalue weighted by atomic mass is 19.1. The van der Waals surface area contributed by atoms with Gasteiger partial charge in [-0.05, 0) is 35.9 Å². The standard InChI is InChI=1S/C17H13F2NO3/c18-12-3-4-14(13(19)10-12)20-17(21)6-2-11-1-5-15-16(9-11)23-8-7-22-15/h1-6,9-10H,7-8H2,(H,20,21)/b6-2+. The van der Waals surface area contributed by atoms with Crippen LogP contribution >= 0.6 is 0 Å². The van der Waals surface area contributed by atoms with Crippen molar-refractivity contribution in [2.45, 2.75) is 0 Å². The Kier molecular flexibility index (Phi) is 4.23. The molecule has 3 rings (SSSR count). The molecule has 4 nitrogen and oxygen atoms in total. The first kappa shape index (κ1) is 15.0. The highest BCUT2D eigenvalue weighted by molar-refractivity contribution is 6.02. The Balaban J connectivity index is 1.68. The van der Waals surface area contributed by atoms with E-state index in [1.807, 2.05) is 0 Å². The van der Waals surface area contributed by atoms with Gasteiger partial charge in [0.05, 0.1) is 5.69 Å². The summed E-state index contributed by atoms with van der Waals surface area (Å²) in [6, 6.07) is 8.22. The van der Waals surface area contributed by atoms with Crippen molar-refractivity contribution in [1.29, 1.82) is 0 Å². The van der Waals surface area contributed by atoms with Crippen molar-refractivity contribution in [2.75, 3.05) is 18.5 Å². The second kappa shape index (κ2) is 6.48. The van der Waals surface area contributed by atoms with Crippen LogP contribution in [0, 0.1) is 11.6 Å². The van der Waals surface area contributed by atoms with Crippen LogP contribution in [0.4, 0.5) is 14.5 Å². The van der Waals surface area contributed by atoms with Crippen LogP contribution in [-0.2, 0) is 4.79 Å². The van der Waals surface area contributed by atoms with Crippen LogP contribution in [0.25, 0.3) is 6.08 Å². The van der Waals surface area contributed by atoms with Gasteiger partial charge in [0.2, 0.25) is 5.91 Å². The predicted octanol–water partition coefficient (Wildman–Crippen LogP) is 3.39. The summed E-state index contributed by atoms with van der Waals surface area (Å²) in [6.07, 6.45) is 2.82. The van der Waals surface area contributed by atoms with Crippen LogP contribution in [-0.4, -0.2) is 19.1 Å². The lowest BCUT2D eigenvalue weighted by Crippen LogP contribution is -2.15. The zero-order chi connectivity index (χ0) is 16.2. The Bertz CT molecular complexity index is 774. The number of hydrogen-bond acceptors (Lipinski definition) is 3. The molecule has 0 aromatic heterocycles. The molecule has 0 bridgehead atoms. The van der Waals surface area contributed by atoms with Gasteiger partial charge in [-0.1, -0.05) is 6.07 Å². The van der Waals surface area contributed by atoms with E-state index in [4.69, 9.17) is 9.47 Å². The van der Waals surface area contributed by atoms with Crippen LogP contribution in [0.1, 0.15) is 5.56 Å². The largest absolute Gasteiger partial charge is 0.486 e. The summed E-state index contributed by atoms with van der Waals surface area (Å²) in [7, 11) is 0. The molecule has 0 saturated heterocycles. The van der Waals surface area contributed by atoms with Crippen molar-refractivity contribution in [2.24, 2.45) is 0 Å². The van der Waals surface area contributed by atoms with E-state index < -0.39 is 17.5 Å². The quantitative estimate of drug-likeness (QED) is 0.883. The number of halogens is 2. The molecule has 0 unspecified atom stereocenters. The van der Waals surface area contributed by atoms with Crippen molar-refractivity contribution in [3.8, 4) is 11.5 Å². The molecule has 0 spiro atoms. The molecule has 0 atom stereocenters. The summed E-state index contributed by atoms with van der Waals surface area (Å²) in [5.74, 6) is -0.779. The number of ether oxygens (including phenoxy) is 2. The van der Waals surface area contributed by atoms with Crippen LogP contribution in [0.5, 0.6) is 11.5 Å². The second-order valence-corrected chi connectivity index (χ2v) is 4.85. The minimum atomic E-state index is -0.828. The van der Waals surface area contributed by atoms with Crippen LogP contribution in [0.3, 0.4) is 0 Å². The topological polar surface area (TPSA) is 47.6 Å². The summed E-state index contributed by atoms with van der Waals surface area (Å²) in [5, 5.41) is 2.35. The molecule has 0 radical (unpaired) electrons. The third-order valence-electron chi connectivity index (χ3n) is 3.18. The lowest BCUT2D eigenvalue weighted by atomic mass is 10.2. The molecule has 1 aliphatic rings. The summed E-state index contributed by atoms with van der Waals surface area (Å²) in [4.78, 5) is 11.8. The van der Waals surface area contributed by atoms with Crippen LogP contribution in [0.15, 0.2) is 42.5 Å². The highest BCUT2D eigenvalue weighted by Gasteiger charge is 2.11. The fraction of sp³-hybridized carbons (Fsp3) is 0.118. The Morgan fingerprint density at radius 3 is 2.61 bits per heavy atom. The normalized spacial score (nSPS) is 13.1. The Morgan fingerprint density at radius 1 is 1.04 bits per heavy atom. The molecular weight excluding hydrogens is 304 g/mol. The predicted molar refractivity (Wildman–Crippen MR) is 81.5 cm³/mol. The van der Waals surface area contributed by atoms with E-state index in [9.17, 15) is 13.6 Å². The number of carbonyl (C=O) groups excluding carboxylic acids is 1. The molecule has 1 aliphatic heterocycles. The summed E-state index contributed by atoms with van der Waals surface area (Å²) in [6.45, 7) is 0.984. The molecular formula is C17H13F2NO3. The molecule has 0 fully saturated rings. The first-order chi connectivity index (χ1) is 11.1. The van der Waals surface area contributed by atoms with Gasteiger partial charge in [0.25, 0.3) is 0 Å². The van der Waals surface area contributed by atoms with Gasteiger partial charge >= 0.3 is 0 Å². The molecule has 1 amide bonds. The van der Waals surface area contributed by atoms with E-state index >= 15 is 0 Å². The fourth-order valence-corrected chi connectivity index (χ4v) is 2.10. The molecule has 2 aromatic rings. The van der Waals surface area contributed by atoms with E-state index in [2.05, 4.69) is 5.32 Å². The molecule has 1 heterocycles. The minimum Gasteiger partial charge on any atom is -0.486 e. The molecule has 0 saturated carbocycles. The van der Waals surface area contributed by atoms with Gasteiger partial charge < -0.3 is 14.8 Å². The number of fused-ring (bicyclic) bond motifs is 1.